The van der Waals surface area contributed by atoms with Crippen LogP contribution in [0.25, 0.3) is 21.5 Å². The quantitative estimate of drug-likeness (QED) is 0.536. The maximum atomic E-state index is 11.1. The van der Waals surface area contributed by atoms with E-state index < -0.39 is 7.60 Å². The number of hydrogen-bond donors (Lipinski definition) is 1. The van der Waals surface area contributed by atoms with E-state index in [1.165, 1.54) is 12.1 Å². The molecule has 1 N–H and O–H groups in total. The highest BCUT2D eigenvalue weighted by Gasteiger charge is 2.07. The fourth-order valence-electron chi connectivity index (χ4n) is 2.10. The fraction of sp³-hybridized carbons (Fsp3) is 0. The SMILES string of the molecule is O=P([O-])(O)c1ccc2cc3ccccc3cc2c1. The maximum Gasteiger partial charge on any atom is 0.162 e. The van der Waals surface area contributed by atoms with Gasteiger partial charge in [-0.25, -0.2) is 0 Å². The molecule has 90 valence electrons. The van der Waals surface area contributed by atoms with Crippen LogP contribution in [0.1, 0.15) is 0 Å². The highest BCUT2D eigenvalue weighted by atomic mass is 31.2. The van der Waals surface area contributed by atoms with Gasteiger partial charge < -0.3 is 14.4 Å². The Morgan fingerprint density at radius 3 is 2.00 bits per heavy atom. The summed E-state index contributed by atoms with van der Waals surface area (Å²) in [6.45, 7) is 0. The van der Waals surface area contributed by atoms with Crippen LogP contribution < -0.4 is 10.2 Å². The van der Waals surface area contributed by atoms with Crippen LogP contribution >= 0.6 is 7.60 Å². The van der Waals surface area contributed by atoms with Crippen LogP contribution in [-0.4, -0.2) is 4.89 Å². The predicted octanol–water partition coefficient (Wildman–Crippen LogP) is 2.16. The zero-order valence-electron chi connectivity index (χ0n) is 9.41. The highest BCUT2D eigenvalue weighted by Crippen LogP contribution is 2.30. The van der Waals surface area contributed by atoms with Crippen LogP contribution in [0.15, 0.2) is 54.6 Å². The van der Waals surface area contributed by atoms with Crippen molar-refractivity contribution in [1.82, 2.24) is 0 Å². The van der Waals surface area contributed by atoms with E-state index >= 15 is 0 Å². The summed E-state index contributed by atoms with van der Waals surface area (Å²) in [6.07, 6.45) is 0. The van der Waals surface area contributed by atoms with Gasteiger partial charge in [0.1, 0.15) is 0 Å². The molecule has 1 atom stereocenters. The maximum absolute atomic E-state index is 11.1. The summed E-state index contributed by atoms with van der Waals surface area (Å²) in [4.78, 5) is 20.2. The molecule has 0 aliphatic carbocycles. The first-order chi connectivity index (χ1) is 8.54. The summed E-state index contributed by atoms with van der Waals surface area (Å²) in [5, 5.41) is 3.85. The van der Waals surface area contributed by atoms with Crippen molar-refractivity contribution in [2.45, 2.75) is 0 Å². The number of benzene rings is 3. The second-order valence-corrected chi connectivity index (χ2v) is 5.81. The molecule has 0 spiro atoms. The van der Waals surface area contributed by atoms with E-state index in [4.69, 9.17) is 4.89 Å². The van der Waals surface area contributed by atoms with E-state index in [0.717, 1.165) is 21.5 Å². The van der Waals surface area contributed by atoms with Crippen molar-refractivity contribution in [3.05, 3.63) is 54.6 Å². The van der Waals surface area contributed by atoms with E-state index in [1.54, 1.807) is 6.07 Å². The second-order valence-electron chi connectivity index (χ2n) is 4.25. The van der Waals surface area contributed by atoms with Gasteiger partial charge in [-0.1, -0.05) is 30.3 Å². The Kier molecular flexibility index (Phi) is 2.49. The van der Waals surface area contributed by atoms with E-state index in [2.05, 4.69) is 0 Å². The summed E-state index contributed by atoms with van der Waals surface area (Å²) in [7, 11) is -4.43. The first kappa shape index (κ1) is 11.4. The third-order valence-electron chi connectivity index (χ3n) is 3.01. The molecule has 3 aromatic rings. The monoisotopic (exact) mass is 257 g/mol. The molecule has 0 aliphatic heterocycles. The van der Waals surface area contributed by atoms with Gasteiger partial charge in [-0.15, -0.1) is 0 Å². The largest absolute Gasteiger partial charge is 0.775 e. The van der Waals surface area contributed by atoms with E-state index in [9.17, 15) is 9.46 Å². The lowest BCUT2D eigenvalue weighted by atomic mass is 10.0. The molecule has 0 fully saturated rings. The highest BCUT2D eigenvalue weighted by molar-refractivity contribution is 7.58. The Hall–Kier alpha value is -1.67. The minimum Gasteiger partial charge on any atom is -0.775 e. The van der Waals surface area contributed by atoms with Crippen molar-refractivity contribution in [3.8, 4) is 0 Å². The van der Waals surface area contributed by atoms with E-state index in [0.29, 0.717) is 0 Å². The summed E-state index contributed by atoms with van der Waals surface area (Å²) in [5.41, 5.74) is 0. The number of rotatable bonds is 1. The van der Waals surface area contributed by atoms with Crippen LogP contribution in [0.2, 0.25) is 0 Å². The van der Waals surface area contributed by atoms with Crippen LogP contribution in [0.5, 0.6) is 0 Å². The molecule has 3 rings (SSSR count). The summed E-state index contributed by atoms with van der Waals surface area (Å²) in [5.74, 6) is 0. The second kappa shape index (κ2) is 3.92. The van der Waals surface area contributed by atoms with Crippen molar-refractivity contribution in [3.63, 3.8) is 0 Å². The smallest absolute Gasteiger partial charge is 0.162 e. The third-order valence-corrected chi connectivity index (χ3v) is 3.95. The molecule has 0 saturated heterocycles. The summed E-state index contributed by atoms with van der Waals surface area (Å²) < 4.78 is 11.1. The van der Waals surface area contributed by atoms with Gasteiger partial charge in [0.15, 0.2) is 7.60 Å². The summed E-state index contributed by atoms with van der Waals surface area (Å²) >= 11 is 0. The first-order valence-corrected chi connectivity index (χ1v) is 7.09. The normalized spacial score (nSPS) is 14.8. The van der Waals surface area contributed by atoms with Crippen LogP contribution in [0, 0.1) is 0 Å². The lowest BCUT2D eigenvalue weighted by Crippen LogP contribution is -2.13. The number of fused-ring (bicyclic) bond motifs is 2. The fourth-order valence-corrected chi connectivity index (χ4v) is 2.67. The topological polar surface area (TPSA) is 60.4 Å². The van der Waals surface area contributed by atoms with Crippen molar-refractivity contribution in [2.24, 2.45) is 0 Å². The molecule has 3 nitrogen and oxygen atoms in total. The average molecular weight is 257 g/mol. The lowest BCUT2D eigenvalue weighted by Gasteiger charge is -2.16. The molecule has 1 unspecified atom stereocenters. The Labute approximate surface area is 104 Å². The molecule has 0 saturated carbocycles. The van der Waals surface area contributed by atoms with Gasteiger partial charge in [-0.3, -0.25) is 0 Å². The molecular formula is C14H10O3P-. The molecule has 0 bridgehead atoms. The third kappa shape index (κ3) is 1.93. The Balaban J connectivity index is 2.34. The van der Waals surface area contributed by atoms with Gasteiger partial charge in [0.25, 0.3) is 0 Å². The lowest BCUT2D eigenvalue weighted by molar-refractivity contribution is -0.188. The molecule has 0 radical (unpaired) electrons. The number of hydrogen-bond acceptors (Lipinski definition) is 2. The molecule has 0 aromatic heterocycles. The molecule has 4 heteroatoms. The van der Waals surface area contributed by atoms with Gasteiger partial charge in [0.2, 0.25) is 0 Å². The Morgan fingerprint density at radius 2 is 1.39 bits per heavy atom. The van der Waals surface area contributed by atoms with Gasteiger partial charge in [-0.05, 0) is 45.8 Å². The predicted molar refractivity (Wildman–Crippen MR) is 70.9 cm³/mol. The minimum absolute atomic E-state index is 0.0507. The van der Waals surface area contributed by atoms with Crippen LogP contribution in [0.4, 0.5) is 0 Å². The zero-order valence-corrected chi connectivity index (χ0v) is 10.3. The molecule has 0 heterocycles. The van der Waals surface area contributed by atoms with Crippen molar-refractivity contribution >= 4 is 34.4 Å². The van der Waals surface area contributed by atoms with Crippen molar-refractivity contribution in [2.75, 3.05) is 0 Å². The molecule has 18 heavy (non-hydrogen) atoms. The molecule has 3 aromatic carbocycles. The summed E-state index contributed by atoms with van der Waals surface area (Å²) in [6, 6.07) is 16.4. The van der Waals surface area contributed by atoms with E-state index in [1.807, 2.05) is 36.4 Å². The molecular weight excluding hydrogens is 247 g/mol. The van der Waals surface area contributed by atoms with Crippen LogP contribution in [-0.2, 0) is 4.57 Å². The minimum atomic E-state index is -4.43. The van der Waals surface area contributed by atoms with Crippen molar-refractivity contribution < 1.29 is 14.4 Å². The van der Waals surface area contributed by atoms with Gasteiger partial charge >= 0.3 is 0 Å². The molecule has 0 aliphatic rings. The van der Waals surface area contributed by atoms with Gasteiger partial charge in [-0.2, -0.15) is 0 Å². The van der Waals surface area contributed by atoms with Gasteiger partial charge in [0, 0.05) is 5.30 Å². The first-order valence-electron chi connectivity index (χ1n) is 5.51. The average Bonchev–Trinajstić information content (AvgIpc) is 2.34. The van der Waals surface area contributed by atoms with Crippen molar-refractivity contribution in [1.29, 1.82) is 0 Å². The van der Waals surface area contributed by atoms with Crippen LogP contribution in [0.3, 0.4) is 0 Å². The Bertz CT molecular complexity index is 789. The van der Waals surface area contributed by atoms with E-state index in [-0.39, 0.29) is 5.30 Å². The standard InChI is InChI=1S/C14H11O3P/c15-18(16,17)14-6-5-12-7-10-3-1-2-4-11(10)8-13(12)9-14/h1-9H,(H2,15,16,17)/p-1. The van der Waals surface area contributed by atoms with Gasteiger partial charge in [0.05, 0.1) is 0 Å². The Morgan fingerprint density at radius 1 is 0.833 bits per heavy atom. The zero-order chi connectivity index (χ0) is 12.8. The molecule has 0 amide bonds.